The summed E-state index contributed by atoms with van der Waals surface area (Å²) >= 11 is 0. The average molecular weight is 240 g/mol. The largest absolute Gasteiger partial charge is 0.299 e. The Morgan fingerprint density at radius 2 is 1.72 bits per heavy atom. The van der Waals surface area contributed by atoms with Gasteiger partial charge in [0.25, 0.3) is 0 Å². The van der Waals surface area contributed by atoms with Crippen LogP contribution in [-0.2, 0) is 4.79 Å². The van der Waals surface area contributed by atoms with E-state index in [4.69, 9.17) is 0 Å². The third-order valence-electron chi connectivity index (χ3n) is 5.79. The highest BCUT2D eigenvalue weighted by Crippen LogP contribution is 2.70. The molecule has 0 aliphatic heterocycles. The Morgan fingerprint density at radius 1 is 1.11 bits per heavy atom. The van der Waals surface area contributed by atoms with E-state index in [0.717, 1.165) is 23.7 Å². The van der Waals surface area contributed by atoms with Crippen molar-refractivity contribution >= 4 is 5.78 Å². The number of carbonyl (C=O) groups is 1. The fourth-order valence-electron chi connectivity index (χ4n) is 4.90. The molecule has 1 aromatic rings. The standard InChI is InChI=1S/C17H20O/c1-10(11-5-3-2-4-6-11)17(18)16-14-12-7-8-13(9-12)15(14)16/h2-6,10,12-16H,7-9H2,1H3. The smallest absolute Gasteiger partial charge is 0.143 e. The van der Waals surface area contributed by atoms with E-state index >= 15 is 0 Å². The molecule has 1 aromatic carbocycles. The highest BCUT2D eigenvalue weighted by molar-refractivity contribution is 5.90. The number of hydrogen-bond acceptors (Lipinski definition) is 1. The molecule has 0 aromatic heterocycles. The molecule has 5 unspecified atom stereocenters. The molecule has 3 saturated carbocycles. The Hall–Kier alpha value is -1.11. The summed E-state index contributed by atoms with van der Waals surface area (Å²) in [6.07, 6.45) is 4.23. The van der Waals surface area contributed by atoms with Gasteiger partial charge in [0.15, 0.2) is 0 Å². The first kappa shape index (κ1) is 10.8. The zero-order valence-electron chi connectivity index (χ0n) is 10.9. The van der Waals surface area contributed by atoms with Crippen molar-refractivity contribution in [3.63, 3.8) is 0 Å². The zero-order valence-corrected chi connectivity index (χ0v) is 10.9. The first-order chi connectivity index (χ1) is 8.77. The maximum atomic E-state index is 12.6. The zero-order chi connectivity index (χ0) is 12.3. The monoisotopic (exact) mass is 240 g/mol. The van der Waals surface area contributed by atoms with Gasteiger partial charge in [0, 0.05) is 11.8 Å². The normalized spacial score (nSPS) is 41.5. The van der Waals surface area contributed by atoms with Gasteiger partial charge in [0.05, 0.1) is 0 Å². The first-order valence-electron chi connectivity index (χ1n) is 7.36. The summed E-state index contributed by atoms with van der Waals surface area (Å²) in [4.78, 5) is 12.6. The Kier molecular flexibility index (Phi) is 2.21. The summed E-state index contributed by atoms with van der Waals surface area (Å²) in [5, 5.41) is 0. The summed E-state index contributed by atoms with van der Waals surface area (Å²) in [6.45, 7) is 2.09. The number of benzene rings is 1. The van der Waals surface area contributed by atoms with Crippen LogP contribution in [0.3, 0.4) is 0 Å². The van der Waals surface area contributed by atoms with Gasteiger partial charge in [-0.15, -0.1) is 0 Å². The highest BCUT2D eigenvalue weighted by atomic mass is 16.1. The van der Waals surface area contributed by atoms with Crippen molar-refractivity contribution in [3.05, 3.63) is 35.9 Å². The Balaban J connectivity index is 1.52. The molecular formula is C17H20O. The average Bonchev–Trinajstić information content (AvgIpc) is 2.85. The fourth-order valence-corrected chi connectivity index (χ4v) is 4.90. The van der Waals surface area contributed by atoms with Crippen molar-refractivity contribution in [3.8, 4) is 0 Å². The van der Waals surface area contributed by atoms with Gasteiger partial charge in [0.2, 0.25) is 0 Å². The summed E-state index contributed by atoms with van der Waals surface area (Å²) in [5.41, 5.74) is 1.19. The van der Waals surface area contributed by atoms with Gasteiger partial charge < -0.3 is 0 Å². The van der Waals surface area contributed by atoms with Gasteiger partial charge in [-0.3, -0.25) is 4.79 Å². The lowest BCUT2D eigenvalue weighted by Crippen LogP contribution is -2.16. The fraction of sp³-hybridized carbons (Fsp3) is 0.588. The minimum Gasteiger partial charge on any atom is -0.299 e. The first-order valence-corrected chi connectivity index (χ1v) is 7.36. The van der Waals surface area contributed by atoms with E-state index in [2.05, 4.69) is 19.1 Å². The van der Waals surface area contributed by atoms with Crippen LogP contribution in [0.2, 0.25) is 0 Å². The molecule has 0 spiro atoms. The third kappa shape index (κ3) is 1.36. The molecule has 94 valence electrons. The number of carbonyl (C=O) groups excluding carboxylic acids is 1. The van der Waals surface area contributed by atoms with Crippen molar-refractivity contribution in [2.24, 2.45) is 29.6 Å². The van der Waals surface area contributed by atoms with E-state index in [9.17, 15) is 4.79 Å². The number of fused-ring (bicyclic) bond motifs is 5. The molecule has 0 radical (unpaired) electrons. The summed E-state index contributed by atoms with van der Waals surface area (Å²) < 4.78 is 0. The van der Waals surface area contributed by atoms with E-state index in [-0.39, 0.29) is 5.92 Å². The molecule has 2 bridgehead atoms. The Morgan fingerprint density at radius 3 is 2.33 bits per heavy atom. The topological polar surface area (TPSA) is 17.1 Å². The van der Waals surface area contributed by atoms with Crippen LogP contribution in [0.15, 0.2) is 30.3 Å². The molecule has 3 aliphatic carbocycles. The lowest BCUT2D eigenvalue weighted by molar-refractivity contribution is -0.122. The van der Waals surface area contributed by atoms with Crippen LogP contribution in [0.25, 0.3) is 0 Å². The van der Waals surface area contributed by atoms with E-state index in [1.807, 2.05) is 18.2 Å². The predicted octanol–water partition coefficient (Wildman–Crippen LogP) is 3.65. The maximum absolute atomic E-state index is 12.6. The van der Waals surface area contributed by atoms with E-state index in [1.54, 1.807) is 0 Å². The minimum absolute atomic E-state index is 0.0983. The molecule has 5 atom stereocenters. The van der Waals surface area contributed by atoms with Crippen molar-refractivity contribution in [2.45, 2.75) is 32.1 Å². The third-order valence-corrected chi connectivity index (χ3v) is 5.79. The second kappa shape index (κ2) is 3.69. The van der Waals surface area contributed by atoms with Gasteiger partial charge >= 0.3 is 0 Å². The molecular weight excluding hydrogens is 220 g/mol. The molecule has 1 heteroatoms. The van der Waals surface area contributed by atoms with Gasteiger partial charge in [0.1, 0.15) is 5.78 Å². The molecule has 3 aliphatic rings. The summed E-state index contributed by atoms with van der Waals surface area (Å²) in [5.74, 6) is 4.40. The number of hydrogen-bond donors (Lipinski definition) is 0. The van der Waals surface area contributed by atoms with Crippen LogP contribution in [0.4, 0.5) is 0 Å². The lowest BCUT2D eigenvalue weighted by Gasteiger charge is -2.13. The van der Waals surface area contributed by atoms with Crippen LogP contribution in [-0.4, -0.2) is 5.78 Å². The predicted molar refractivity (Wildman–Crippen MR) is 71.2 cm³/mol. The molecule has 18 heavy (non-hydrogen) atoms. The molecule has 0 heterocycles. The van der Waals surface area contributed by atoms with Gasteiger partial charge in [-0.2, -0.15) is 0 Å². The van der Waals surface area contributed by atoms with Crippen molar-refractivity contribution in [1.29, 1.82) is 0 Å². The Labute approximate surface area is 109 Å². The lowest BCUT2D eigenvalue weighted by atomic mass is 9.89. The number of Topliss-reactive ketones (excluding diaryl/α,β-unsaturated/α-hetero) is 1. The van der Waals surface area contributed by atoms with Gasteiger partial charge in [-0.25, -0.2) is 0 Å². The summed E-state index contributed by atoms with van der Waals surface area (Å²) in [6, 6.07) is 10.3. The van der Waals surface area contributed by atoms with E-state index in [0.29, 0.717) is 11.7 Å². The van der Waals surface area contributed by atoms with Crippen molar-refractivity contribution in [1.82, 2.24) is 0 Å². The highest BCUT2D eigenvalue weighted by Gasteiger charge is 2.67. The molecule has 0 amide bonds. The quantitative estimate of drug-likeness (QED) is 0.788. The van der Waals surface area contributed by atoms with Gasteiger partial charge in [-0.1, -0.05) is 37.3 Å². The van der Waals surface area contributed by atoms with Crippen LogP contribution in [0, 0.1) is 29.6 Å². The minimum atomic E-state index is 0.0983. The molecule has 4 rings (SSSR count). The Bertz CT molecular complexity index is 462. The van der Waals surface area contributed by atoms with Crippen LogP contribution in [0.5, 0.6) is 0 Å². The number of rotatable bonds is 3. The second-order valence-corrected chi connectivity index (χ2v) is 6.55. The molecule has 0 N–H and O–H groups in total. The maximum Gasteiger partial charge on any atom is 0.143 e. The summed E-state index contributed by atoms with van der Waals surface area (Å²) in [7, 11) is 0. The van der Waals surface area contributed by atoms with E-state index < -0.39 is 0 Å². The van der Waals surface area contributed by atoms with E-state index in [1.165, 1.54) is 24.8 Å². The van der Waals surface area contributed by atoms with Crippen LogP contribution in [0.1, 0.15) is 37.7 Å². The van der Waals surface area contributed by atoms with Crippen LogP contribution >= 0.6 is 0 Å². The molecule has 0 saturated heterocycles. The SMILES string of the molecule is CC(C(=O)C1C2C3CCC(C3)C12)c1ccccc1. The second-order valence-electron chi connectivity index (χ2n) is 6.55. The number of ketones is 1. The van der Waals surface area contributed by atoms with Crippen molar-refractivity contribution < 1.29 is 4.79 Å². The van der Waals surface area contributed by atoms with Gasteiger partial charge in [-0.05, 0) is 48.5 Å². The van der Waals surface area contributed by atoms with Crippen molar-refractivity contribution in [2.75, 3.05) is 0 Å². The molecule has 3 fully saturated rings. The molecule has 1 nitrogen and oxygen atoms in total. The van der Waals surface area contributed by atoms with Crippen LogP contribution < -0.4 is 0 Å².